The third-order valence-corrected chi connectivity index (χ3v) is 5.37. The topological polar surface area (TPSA) is 149 Å². The number of aromatic nitrogens is 4. The van der Waals surface area contributed by atoms with Crippen LogP contribution in [0.25, 0.3) is 23.3 Å². The predicted molar refractivity (Wildman–Crippen MR) is 109 cm³/mol. The van der Waals surface area contributed by atoms with Gasteiger partial charge >= 0.3 is 7.82 Å². The molecule has 2 aromatic heterocycles. The van der Waals surface area contributed by atoms with Crippen molar-refractivity contribution in [3.8, 4) is 0 Å². The van der Waals surface area contributed by atoms with Crippen LogP contribution >= 0.6 is 7.82 Å². The molecule has 3 aromatic rings. The molecule has 0 radical (unpaired) electrons. The van der Waals surface area contributed by atoms with E-state index in [0.717, 1.165) is 5.56 Å². The van der Waals surface area contributed by atoms with Crippen LogP contribution in [0.5, 0.6) is 0 Å². The van der Waals surface area contributed by atoms with Crippen LogP contribution in [0.2, 0.25) is 0 Å². The highest BCUT2D eigenvalue weighted by Crippen LogP contribution is 2.39. The summed E-state index contributed by atoms with van der Waals surface area (Å²) in [5.41, 5.74) is 2.58. The largest absolute Gasteiger partial charge is 0.469 e. The molecule has 0 spiro atoms. The van der Waals surface area contributed by atoms with E-state index >= 15 is 0 Å². The molecule has 0 aliphatic carbocycles. The Morgan fingerprint density at radius 1 is 1.19 bits per heavy atom. The monoisotopic (exact) mass is 448 g/mol. The molecule has 0 saturated carbocycles. The Kier molecular flexibility index (Phi) is 6.26. The van der Waals surface area contributed by atoms with Crippen molar-refractivity contribution in [3.05, 3.63) is 54.2 Å². The normalized spacial score (nSPS) is 24.4. The Hall–Kier alpha value is -2.50. The Morgan fingerprint density at radius 2 is 1.97 bits per heavy atom. The number of methoxy groups -OCH3 is 1. The molecule has 1 saturated heterocycles. The number of nitrogens with zero attached hydrogens (tertiary/aromatic N) is 4. The van der Waals surface area contributed by atoms with Crippen molar-refractivity contribution in [2.24, 2.45) is 0 Å². The van der Waals surface area contributed by atoms with Gasteiger partial charge in [0.2, 0.25) is 0 Å². The second-order valence-corrected chi connectivity index (χ2v) is 8.11. The first kappa shape index (κ1) is 21.7. The fraction of sp³-hybridized carbons (Fsp3) is 0.316. The minimum absolute atomic E-state index is 0.457. The standard InChI is InChI=1S/C19H21N4O7P/c1-28-17-16(24)14(9-29-31(25,26)27)30-19(17)23-11-22-15-13(20-10-21-18(15)23)8-7-12-5-3-2-4-6-12/h2-8,10-11,14,16-17,19,24H,9H2,1H3,(H2,25,26,27)/b8-7+/t14-,16-,17-,19-/m1/s1. The van der Waals surface area contributed by atoms with Crippen LogP contribution in [0.15, 0.2) is 43.0 Å². The van der Waals surface area contributed by atoms with E-state index in [4.69, 9.17) is 19.3 Å². The Morgan fingerprint density at radius 3 is 2.68 bits per heavy atom. The molecule has 3 heterocycles. The maximum atomic E-state index is 11.0. The fourth-order valence-electron chi connectivity index (χ4n) is 3.42. The van der Waals surface area contributed by atoms with Gasteiger partial charge in [-0.3, -0.25) is 9.09 Å². The van der Waals surface area contributed by atoms with Crippen molar-refractivity contribution in [1.82, 2.24) is 19.5 Å². The summed E-state index contributed by atoms with van der Waals surface area (Å²) in [5.74, 6) is 0. The number of benzene rings is 1. The van der Waals surface area contributed by atoms with Gasteiger partial charge in [0, 0.05) is 7.11 Å². The van der Waals surface area contributed by atoms with Gasteiger partial charge in [-0.05, 0) is 11.6 Å². The lowest BCUT2D eigenvalue weighted by Gasteiger charge is -2.19. The van der Waals surface area contributed by atoms with Crippen LogP contribution in [0, 0.1) is 0 Å². The summed E-state index contributed by atoms with van der Waals surface area (Å²) in [6.45, 7) is -0.505. The summed E-state index contributed by atoms with van der Waals surface area (Å²) in [6.07, 6.45) is 2.76. The molecule has 11 nitrogen and oxygen atoms in total. The number of phosphoric ester groups is 1. The second-order valence-electron chi connectivity index (χ2n) is 6.87. The van der Waals surface area contributed by atoms with E-state index in [1.807, 2.05) is 42.5 Å². The van der Waals surface area contributed by atoms with E-state index in [1.165, 1.54) is 19.8 Å². The predicted octanol–water partition coefficient (Wildman–Crippen LogP) is 1.38. The summed E-state index contributed by atoms with van der Waals surface area (Å²) in [5, 5.41) is 10.5. The van der Waals surface area contributed by atoms with E-state index < -0.39 is 39.0 Å². The van der Waals surface area contributed by atoms with Gasteiger partial charge in [-0.25, -0.2) is 19.5 Å². The highest BCUT2D eigenvalue weighted by molar-refractivity contribution is 7.46. The molecule has 0 unspecified atom stereocenters. The van der Waals surface area contributed by atoms with Crippen molar-refractivity contribution >= 4 is 31.1 Å². The number of rotatable bonds is 7. The van der Waals surface area contributed by atoms with Crippen LogP contribution in [-0.2, 0) is 18.6 Å². The lowest BCUT2D eigenvalue weighted by atomic mass is 10.1. The van der Waals surface area contributed by atoms with E-state index in [2.05, 4.69) is 19.5 Å². The zero-order valence-electron chi connectivity index (χ0n) is 16.4. The lowest BCUT2D eigenvalue weighted by molar-refractivity contribution is -0.0578. The average Bonchev–Trinajstić information content (AvgIpc) is 3.31. The van der Waals surface area contributed by atoms with Gasteiger partial charge in [-0.15, -0.1) is 0 Å². The maximum absolute atomic E-state index is 11.0. The molecule has 1 aliphatic heterocycles. The number of hydrogen-bond donors (Lipinski definition) is 3. The quantitative estimate of drug-likeness (QED) is 0.453. The summed E-state index contributed by atoms with van der Waals surface area (Å²) < 4.78 is 28.2. The van der Waals surface area contributed by atoms with Crippen LogP contribution in [0.4, 0.5) is 0 Å². The van der Waals surface area contributed by atoms with E-state index in [9.17, 15) is 9.67 Å². The first-order chi connectivity index (χ1) is 14.9. The molecule has 0 bridgehead atoms. The van der Waals surface area contributed by atoms with Gasteiger partial charge in [-0.2, -0.15) is 0 Å². The molecule has 1 fully saturated rings. The average molecular weight is 448 g/mol. The molecule has 3 N–H and O–H groups in total. The first-order valence-corrected chi connectivity index (χ1v) is 10.9. The fourth-order valence-corrected chi connectivity index (χ4v) is 3.76. The van der Waals surface area contributed by atoms with Crippen molar-refractivity contribution < 1.29 is 33.5 Å². The van der Waals surface area contributed by atoms with E-state index in [-0.39, 0.29) is 0 Å². The molecule has 4 atom stereocenters. The number of fused-ring (bicyclic) bond motifs is 1. The third-order valence-electron chi connectivity index (χ3n) is 4.89. The van der Waals surface area contributed by atoms with Crippen molar-refractivity contribution in [3.63, 3.8) is 0 Å². The minimum Gasteiger partial charge on any atom is -0.387 e. The van der Waals surface area contributed by atoms with Crippen molar-refractivity contribution in [2.45, 2.75) is 24.5 Å². The molecule has 31 heavy (non-hydrogen) atoms. The van der Waals surface area contributed by atoms with E-state index in [1.54, 1.807) is 4.57 Å². The van der Waals surface area contributed by atoms with Crippen LogP contribution < -0.4 is 0 Å². The minimum atomic E-state index is -4.71. The van der Waals surface area contributed by atoms with Crippen LogP contribution in [0.3, 0.4) is 0 Å². The summed E-state index contributed by atoms with van der Waals surface area (Å²) >= 11 is 0. The van der Waals surface area contributed by atoms with Gasteiger partial charge in [-0.1, -0.05) is 36.4 Å². The summed E-state index contributed by atoms with van der Waals surface area (Å²) in [6, 6.07) is 9.73. The molecule has 12 heteroatoms. The van der Waals surface area contributed by atoms with Gasteiger partial charge in [0.15, 0.2) is 11.9 Å². The SMILES string of the molecule is CO[C@@H]1[C@H](O)[C@@H](COP(=O)(O)O)O[C@H]1n1cnc2c(/C=C/c3ccccc3)ncnc21. The van der Waals surface area contributed by atoms with Gasteiger partial charge < -0.3 is 24.4 Å². The molecular formula is C19H21N4O7P. The van der Waals surface area contributed by atoms with Crippen LogP contribution in [-0.4, -0.2) is 66.4 Å². The highest BCUT2D eigenvalue weighted by Gasteiger charge is 2.46. The van der Waals surface area contributed by atoms with Gasteiger partial charge in [0.25, 0.3) is 0 Å². The molecule has 1 aromatic carbocycles. The number of hydrogen-bond acceptors (Lipinski definition) is 8. The zero-order valence-corrected chi connectivity index (χ0v) is 17.3. The highest BCUT2D eigenvalue weighted by atomic mass is 31.2. The smallest absolute Gasteiger partial charge is 0.387 e. The van der Waals surface area contributed by atoms with Gasteiger partial charge in [0.1, 0.15) is 30.2 Å². The number of imidazole rings is 1. The Bertz CT molecular complexity index is 1120. The summed E-state index contributed by atoms with van der Waals surface area (Å²) in [7, 11) is -3.31. The number of phosphoric acid groups is 1. The number of ether oxygens (including phenoxy) is 2. The summed E-state index contributed by atoms with van der Waals surface area (Å²) in [4.78, 5) is 30.8. The lowest BCUT2D eigenvalue weighted by Crippen LogP contribution is -2.35. The second kappa shape index (κ2) is 8.93. The van der Waals surface area contributed by atoms with Gasteiger partial charge in [0.05, 0.1) is 18.6 Å². The first-order valence-electron chi connectivity index (χ1n) is 9.34. The van der Waals surface area contributed by atoms with Crippen LogP contribution in [0.1, 0.15) is 17.5 Å². The third kappa shape index (κ3) is 4.73. The molecule has 1 aliphatic rings. The molecular weight excluding hydrogens is 427 g/mol. The number of aliphatic hydroxyl groups is 1. The maximum Gasteiger partial charge on any atom is 0.469 e. The molecule has 164 valence electrons. The zero-order chi connectivity index (χ0) is 22.0. The van der Waals surface area contributed by atoms with E-state index in [0.29, 0.717) is 16.9 Å². The van der Waals surface area contributed by atoms with Crippen molar-refractivity contribution in [1.29, 1.82) is 0 Å². The van der Waals surface area contributed by atoms with Crippen molar-refractivity contribution in [2.75, 3.05) is 13.7 Å². The number of aliphatic hydroxyl groups excluding tert-OH is 1. The Labute approximate surface area is 177 Å². The molecule has 0 amide bonds. The Balaban J connectivity index is 1.62. The molecule has 4 rings (SSSR count).